The Morgan fingerprint density at radius 2 is 1.76 bits per heavy atom. The first kappa shape index (κ1) is 14.4. The molecule has 1 fully saturated rings. The molecule has 0 spiro atoms. The average molecular weight is 243 g/mol. The van der Waals surface area contributed by atoms with Crippen molar-refractivity contribution in [1.29, 1.82) is 5.41 Å². The quantitative estimate of drug-likeness (QED) is 0.437. The Labute approximate surface area is 104 Å². The van der Waals surface area contributed by atoms with Gasteiger partial charge >= 0.3 is 0 Å². The number of ether oxygens (including phenoxy) is 2. The average Bonchev–Trinajstić information content (AvgIpc) is 3.01. The summed E-state index contributed by atoms with van der Waals surface area (Å²) in [6.07, 6.45) is 3.09. The van der Waals surface area contributed by atoms with Crippen LogP contribution in [0.1, 0.15) is 19.3 Å². The Morgan fingerprint density at radius 1 is 1.24 bits per heavy atom. The van der Waals surface area contributed by atoms with Crippen LogP contribution in [0.2, 0.25) is 0 Å². The summed E-state index contributed by atoms with van der Waals surface area (Å²) in [6.45, 7) is 4.30. The standard InChI is InChI=1S/C12H25N3O2/c1-16-7-5-15(6-8-17-2)10-12(3-4-12)9-11(13)14/h3-10H2,1-2H3,(H3,13,14). The highest BCUT2D eigenvalue weighted by atomic mass is 16.5. The minimum Gasteiger partial charge on any atom is -0.388 e. The van der Waals surface area contributed by atoms with Gasteiger partial charge in [0.1, 0.15) is 0 Å². The van der Waals surface area contributed by atoms with Crippen LogP contribution in [-0.4, -0.2) is 57.8 Å². The monoisotopic (exact) mass is 243 g/mol. The van der Waals surface area contributed by atoms with E-state index in [-0.39, 0.29) is 5.41 Å². The molecule has 5 heteroatoms. The molecule has 5 nitrogen and oxygen atoms in total. The fourth-order valence-corrected chi connectivity index (χ4v) is 2.16. The molecule has 0 radical (unpaired) electrons. The number of nitrogens with zero attached hydrogens (tertiary/aromatic N) is 1. The Morgan fingerprint density at radius 3 is 2.12 bits per heavy atom. The van der Waals surface area contributed by atoms with Gasteiger partial charge in [-0.3, -0.25) is 10.3 Å². The Hall–Kier alpha value is -0.650. The number of nitrogens with one attached hydrogen (secondary N) is 1. The van der Waals surface area contributed by atoms with Gasteiger partial charge in [-0.2, -0.15) is 0 Å². The fourth-order valence-electron chi connectivity index (χ4n) is 2.16. The summed E-state index contributed by atoms with van der Waals surface area (Å²) in [4.78, 5) is 2.35. The van der Waals surface area contributed by atoms with Gasteiger partial charge in [0.2, 0.25) is 0 Å². The van der Waals surface area contributed by atoms with Gasteiger partial charge in [-0.05, 0) is 18.3 Å². The van der Waals surface area contributed by atoms with Crippen LogP contribution in [0.5, 0.6) is 0 Å². The maximum Gasteiger partial charge on any atom is 0.0911 e. The van der Waals surface area contributed by atoms with E-state index < -0.39 is 0 Å². The molecule has 100 valence electrons. The van der Waals surface area contributed by atoms with Gasteiger partial charge < -0.3 is 15.2 Å². The topological polar surface area (TPSA) is 71.6 Å². The molecular formula is C12H25N3O2. The Balaban J connectivity index is 2.38. The smallest absolute Gasteiger partial charge is 0.0911 e. The molecule has 0 amide bonds. The van der Waals surface area contributed by atoms with Crippen molar-refractivity contribution in [2.75, 3.05) is 47.1 Å². The molecule has 0 aromatic rings. The minimum absolute atomic E-state index is 0.257. The molecule has 0 atom stereocenters. The maximum atomic E-state index is 7.42. The minimum atomic E-state index is 0.257. The van der Waals surface area contributed by atoms with Gasteiger partial charge in [-0.25, -0.2) is 0 Å². The lowest BCUT2D eigenvalue weighted by Gasteiger charge is -2.26. The second kappa shape index (κ2) is 6.93. The highest BCUT2D eigenvalue weighted by Crippen LogP contribution is 2.49. The molecule has 0 aliphatic heterocycles. The number of amidine groups is 1. The van der Waals surface area contributed by atoms with E-state index in [4.69, 9.17) is 20.6 Å². The lowest BCUT2D eigenvalue weighted by atomic mass is 10.0. The molecule has 0 aromatic heterocycles. The van der Waals surface area contributed by atoms with Crippen molar-refractivity contribution in [2.24, 2.45) is 11.1 Å². The van der Waals surface area contributed by atoms with E-state index in [2.05, 4.69) is 4.90 Å². The van der Waals surface area contributed by atoms with Gasteiger partial charge in [-0.15, -0.1) is 0 Å². The molecule has 3 N–H and O–H groups in total. The number of rotatable bonds is 10. The molecular weight excluding hydrogens is 218 g/mol. The van der Waals surface area contributed by atoms with E-state index in [1.165, 1.54) is 12.8 Å². The van der Waals surface area contributed by atoms with Gasteiger partial charge in [0.05, 0.1) is 19.0 Å². The van der Waals surface area contributed by atoms with Crippen molar-refractivity contribution in [3.05, 3.63) is 0 Å². The van der Waals surface area contributed by atoms with Crippen molar-refractivity contribution in [2.45, 2.75) is 19.3 Å². The number of hydrogen-bond acceptors (Lipinski definition) is 4. The summed E-state index contributed by atoms with van der Waals surface area (Å²) >= 11 is 0. The molecule has 0 saturated heterocycles. The van der Waals surface area contributed by atoms with Crippen molar-refractivity contribution in [3.63, 3.8) is 0 Å². The second-order valence-corrected chi connectivity index (χ2v) is 4.96. The number of nitrogens with two attached hydrogens (primary N) is 1. The van der Waals surface area contributed by atoms with E-state index in [1.807, 2.05) is 0 Å². The van der Waals surface area contributed by atoms with Crippen molar-refractivity contribution >= 4 is 5.84 Å². The summed E-state index contributed by atoms with van der Waals surface area (Å²) < 4.78 is 10.2. The Kier molecular flexibility index (Phi) is 5.88. The molecule has 1 aliphatic carbocycles. The predicted molar refractivity (Wildman–Crippen MR) is 68.4 cm³/mol. The molecule has 0 aromatic carbocycles. The zero-order chi connectivity index (χ0) is 12.7. The summed E-state index contributed by atoms with van der Waals surface area (Å²) in [5, 5.41) is 7.42. The zero-order valence-corrected chi connectivity index (χ0v) is 11.0. The van der Waals surface area contributed by atoms with Crippen LogP contribution >= 0.6 is 0 Å². The molecule has 17 heavy (non-hydrogen) atoms. The second-order valence-electron chi connectivity index (χ2n) is 4.96. The largest absolute Gasteiger partial charge is 0.388 e. The molecule has 0 unspecified atom stereocenters. The molecule has 1 aliphatic rings. The molecule has 0 heterocycles. The summed E-state index contributed by atoms with van der Waals surface area (Å²) in [7, 11) is 3.44. The van der Waals surface area contributed by atoms with E-state index in [9.17, 15) is 0 Å². The summed E-state index contributed by atoms with van der Waals surface area (Å²) in [5.74, 6) is 0.306. The number of hydrogen-bond donors (Lipinski definition) is 2. The van der Waals surface area contributed by atoms with Crippen molar-refractivity contribution < 1.29 is 9.47 Å². The fraction of sp³-hybridized carbons (Fsp3) is 0.917. The van der Waals surface area contributed by atoms with E-state index in [1.54, 1.807) is 14.2 Å². The van der Waals surface area contributed by atoms with Gasteiger partial charge in [0.15, 0.2) is 0 Å². The van der Waals surface area contributed by atoms with Crippen LogP contribution in [0.4, 0.5) is 0 Å². The lowest BCUT2D eigenvalue weighted by Crippen LogP contribution is -2.37. The van der Waals surface area contributed by atoms with Crippen molar-refractivity contribution in [1.82, 2.24) is 4.90 Å². The first-order chi connectivity index (χ1) is 8.12. The van der Waals surface area contributed by atoms with Crippen LogP contribution in [0.15, 0.2) is 0 Å². The van der Waals surface area contributed by atoms with Crippen molar-refractivity contribution in [3.8, 4) is 0 Å². The van der Waals surface area contributed by atoms with Crippen LogP contribution in [0, 0.1) is 10.8 Å². The predicted octanol–water partition coefficient (Wildman–Crippen LogP) is 0.687. The lowest BCUT2D eigenvalue weighted by molar-refractivity contribution is 0.101. The van der Waals surface area contributed by atoms with Crippen LogP contribution < -0.4 is 5.73 Å². The molecule has 1 rings (SSSR count). The van der Waals surface area contributed by atoms with Crippen LogP contribution in [0.3, 0.4) is 0 Å². The Bertz CT molecular complexity index is 234. The van der Waals surface area contributed by atoms with Gasteiger partial charge in [-0.1, -0.05) is 0 Å². The third kappa shape index (κ3) is 5.48. The van der Waals surface area contributed by atoms with E-state index >= 15 is 0 Å². The number of methoxy groups -OCH3 is 2. The normalized spacial score (nSPS) is 17.4. The molecule has 1 saturated carbocycles. The van der Waals surface area contributed by atoms with Gasteiger partial charge in [0.25, 0.3) is 0 Å². The summed E-state index contributed by atoms with van der Waals surface area (Å²) in [5.41, 5.74) is 5.77. The highest BCUT2D eigenvalue weighted by molar-refractivity contribution is 5.78. The van der Waals surface area contributed by atoms with Crippen LogP contribution in [0.25, 0.3) is 0 Å². The third-order valence-corrected chi connectivity index (χ3v) is 3.30. The van der Waals surface area contributed by atoms with Gasteiger partial charge in [0, 0.05) is 40.3 Å². The molecule has 0 bridgehead atoms. The zero-order valence-electron chi connectivity index (χ0n) is 11.0. The summed E-state index contributed by atoms with van der Waals surface area (Å²) in [6, 6.07) is 0. The van der Waals surface area contributed by atoms with Crippen LogP contribution in [-0.2, 0) is 9.47 Å². The third-order valence-electron chi connectivity index (χ3n) is 3.30. The first-order valence-electron chi connectivity index (χ1n) is 6.15. The SMILES string of the molecule is COCCN(CCOC)CC1(CC(=N)N)CC1. The highest BCUT2D eigenvalue weighted by Gasteiger charge is 2.43. The first-order valence-corrected chi connectivity index (χ1v) is 6.15. The van der Waals surface area contributed by atoms with E-state index in [0.717, 1.165) is 39.3 Å². The maximum absolute atomic E-state index is 7.42. The van der Waals surface area contributed by atoms with E-state index in [0.29, 0.717) is 5.84 Å².